The zero-order valence-electron chi connectivity index (χ0n) is 11.1. The number of hydrogen-bond acceptors (Lipinski definition) is 3. The van der Waals surface area contributed by atoms with Crippen molar-refractivity contribution in [2.75, 3.05) is 25.5 Å². The van der Waals surface area contributed by atoms with Crippen LogP contribution in [0.1, 0.15) is 6.42 Å². The highest BCUT2D eigenvalue weighted by molar-refractivity contribution is 6.31. The number of likely N-dealkylation sites (N-methyl/N-ethyl adjacent to an activating group) is 1. The molecule has 1 aromatic rings. The lowest BCUT2D eigenvalue weighted by Crippen LogP contribution is -2.39. The van der Waals surface area contributed by atoms with Crippen LogP contribution in [0.5, 0.6) is 0 Å². The van der Waals surface area contributed by atoms with Gasteiger partial charge in [-0.25, -0.2) is 9.18 Å². The third kappa shape index (κ3) is 3.39. The number of hydrogen-bond donors (Lipinski definition) is 3. The highest BCUT2D eigenvalue weighted by Gasteiger charge is 2.29. The zero-order chi connectivity index (χ0) is 14.7. The van der Waals surface area contributed by atoms with Crippen LogP contribution < -0.4 is 10.6 Å². The van der Waals surface area contributed by atoms with Gasteiger partial charge in [-0.05, 0) is 25.6 Å². The van der Waals surface area contributed by atoms with Crippen LogP contribution in [0, 0.1) is 5.82 Å². The number of carbonyl (C=O) groups excluding carboxylic acids is 1. The van der Waals surface area contributed by atoms with E-state index in [1.165, 1.54) is 12.1 Å². The predicted molar refractivity (Wildman–Crippen MR) is 75.5 cm³/mol. The van der Waals surface area contributed by atoms with E-state index in [9.17, 15) is 9.18 Å². The molecular formula is C13H17ClFN3O2. The molecule has 0 aliphatic carbocycles. The van der Waals surface area contributed by atoms with Gasteiger partial charge in [0.05, 0.1) is 17.3 Å². The Morgan fingerprint density at radius 3 is 3.00 bits per heavy atom. The van der Waals surface area contributed by atoms with Gasteiger partial charge in [-0.2, -0.15) is 0 Å². The molecule has 1 saturated heterocycles. The maximum absolute atomic E-state index is 13.6. The average Bonchev–Trinajstić information content (AvgIpc) is 2.75. The average molecular weight is 302 g/mol. The zero-order valence-corrected chi connectivity index (χ0v) is 11.8. The molecule has 7 heteroatoms. The summed E-state index contributed by atoms with van der Waals surface area (Å²) in [4.78, 5) is 13.8. The number of anilines is 1. The van der Waals surface area contributed by atoms with Gasteiger partial charge in [-0.3, -0.25) is 4.90 Å². The minimum Gasteiger partial charge on any atom is -0.395 e. The molecule has 0 spiro atoms. The van der Waals surface area contributed by atoms with E-state index in [2.05, 4.69) is 10.6 Å². The van der Waals surface area contributed by atoms with Crippen molar-refractivity contribution in [2.45, 2.75) is 18.5 Å². The van der Waals surface area contributed by atoms with Crippen molar-refractivity contribution in [1.82, 2.24) is 10.2 Å². The Hall–Kier alpha value is -1.37. The molecule has 2 amide bonds. The van der Waals surface area contributed by atoms with Crippen LogP contribution in [0.15, 0.2) is 18.2 Å². The molecule has 5 nitrogen and oxygen atoms in total. The van der Waals surface area contributed by atoms with E-state index in [4.69, 9.17) is 16.7 Å². The second-order valence-electron chi connectivity index (χ2n) is 4.91. The second kappa shape index (κ2) is 6.39. The smallest absolute Gasteiger partial charge is 0.319 e. The Labute approximate surface area is 121 Å². The van der Waals surface area contributed by atoms with E-state index in [0.717, 1.165) is 0 Å². The minimum absolute atomic E-state index is 0.0382. The highest BCUT2D eigenvalue weighted by atomic mass is 35.5. The van der Waals surface area contributed by atoms with Crippen molar-refractivity contribution in [3.63, 3.8) is 0 Å². The third-order valence-corrected chi connectivity index (χ3v) is 3.73. The van der Waals surface area contributed by atoms with Crippen molar-refractivity contribution in [3.05, 3.63) is 29.0 Å². The molecule has 20 heavy (non-hydrogen) atoms. The quantitative estimate of drug-likeness (QED) is 0.796. The second-order valence-corrected chi connectivity index (χ2v) is 5.32. The van der Waals surface area contributed by atoms with Crippen LogP contribution in [-0.2, 0) is 0 Å². The Kier molecular flexibility index (Phi) is 4.80. The summed E-state index contributed by atoms with van der Waals surface area (Å²) in [5.74, 6) is -0.652. The van der Waals surface area contributed by atoms with Crippen molar-refractivity contribution >= 4 is 23.3 Å². The molecule has 0 bridgehead atoms. The molecule has 1 fully saturated rings. The monoisotopic (exact) mass is 301 g/mol. The van der Waals surface area contributed by atoms with E-state index in [0.29, 0.717) is 13.0 Å². The number of rotatable bonds is 3. The molecule has 1 aliphatic heterocycles. The number of likely N-dealkylation sites (tertiary alicyclic amines) is 1. The summed E-state index contributed by atoms with van der Waals surface area (Å²) in [6.07, 6.45) is 0.665. The maximum Gasteiger partial charge on any atom is 0.319 e. The Morgan fingerprint density at radius 1 is 1.60 bits per heavy atom. The number of aliphatic hydroxyl groups excluding tert-OH is 1. The summed E-state index contributed by atoms with van der Waals surface area (Å²) in [6, 6.07) is 3.91. The first-order valence-electron chi connectivity index (χ1n) is 6.34. The summed E-state index contributed by atoms with van der Waals surface area (Å²) in [5.41, 5.74) is 0.0417. The Bertz CT molecular complexity index is 501. The molecule has 1 aromatic carbocycles. The topological polar surface area (TPSA) is 64.6 Å². The molecule has 1 aliphatic rings. The van der Waals surface area contributed by atoms with Crippen LogP contribution >= 0.6 is 11.6 Å². The summed E-state index contributed by atoms with van der Waals surface area (Å²) in [6.45, 7) is 0.704. The Balaban J connectivity index is 1.92. The number of nitrogens with one attached hydrogen (secondary N) is 2. The SMILES string of the molecule is CN1C[C@H](NC(=O)Nc2cccc(Cl)c2F)C[C@H]1CO. The number of urea groups is 1. The van der Waals surface area contributed by atoms with Crippen LogP contribution in [0.4, 0.5) is 14.9 Å². The fourth-order valence-corrected chi connectivity index (χ4v) is 2.52. The molecule has 2 rings (SSSR count). The summed E-state index contributed by atoms with van der Waals surface area (Å²) in [5, 5.41) is 14.3. The van der Waals surface area contributed by atoms with Crippen molar-refractivity contribution in [3.8, 4) is 0 Å². The lowest BCUT2D eigenvalue weighted by atomic mass is 10.2. The maximum atomic E-state index is 13.6. The highest BCUT2D eigenvalue weighted by Crippen LogP contribution is 2.22. The van der Waals surface area contributed by atoms with Crippen molar-refractivity contribution in [1.29, 1.82) is 0 Å². The fourth-order valence-electron chi connectivity index (χ4n) is 2.34. The summed E-state index contributed by atoms with van der Waals surface area (Å²) in [7, 11) is 1.89. The van der Waals surface area contributed by atoms with Gasteiger partial charge in [-0.15, -0.1) is 0 Å². The van der Waals surface area contributed by atoms with E-state index >= 15 is 0 Å². The molecule has 1 heterocycles. The lowest BCUT2D eigenvalue weighted by molar-refractivity contribution is 0.182. The van der Waals surface area contributed by atoms with Gasteiger partial charge < -0.3 is 15.7 Å². The first kappa shape index (κ1) is 15.0. The standard InChI is InChI=1S/C13H17ClFN3O2/c1-18-6-8(5-9(18)7-19)16-13(20)17-11-4-2-3-10(14)12(11)15/h2-4,8-9,19H,5-7H2,1H3,(H2,16,17,20)/t8-,9+/m1/s1. The largest absolute Gasteiger partial charge is 0.395 e. The molecule has 2 atom stereocenters. The molecule has 0 saturated carbocycles. The normalized spacial score (nSPS) is 22.8. The van der Waals surface area contributed by atoms with Gasteiger partial charge in [-0.1, -0.05) is 17.7 Å². The number of amides is 2. The van der Waals surface area contributed by atoms with Crippen LogP contribution in [0.25, 0.3) is 0 Å². The minimum atomic E-state index is -0.652. The van der Waals surface area contributed by atoms with Gasteiger partial charge in [0.1, 0.15) is 0 Å². The van der Waals surface area contributed by atoms with Crippen LogP contribution in [-0.4, -0.2) is 48.3 Å². The number of aliphatic hydroxyl groups is 1. The fraction of sp³-hybridized carbons (Fsp3) is 0.462. The Morgan fingerprint density at radius 2 is 2.35 bits per heavy atom. The first-order chi connectivity index (χ1) is 9.51. The third-order valence-electron chi connectivity index (χ3n) is 3.43. The summed E-state index contributed by atoms with van der Waals surface area (Å²) >= 11 is 5.64. The lowest BCUT2D eigenvalue weighted by Gasteiger charge is -2.15. The van der Waals surface area contributed by atoms with Gasteiger partial charge >= 0.3 is 6.03 Å². The van der Waals surface area contributed by atoms with Crippen molar-refractivity contribution < 1.29 is 14.3 Å². The van der Waals surface area contributed by atoms with E-state index in [1.807, 2.05) is 11.9 Å². The molecule has 3 N–H and O–H groups in total. The van der Waals surface area contributed by atoms with Crippen LogP contribution in [0.3, 0.4) is 0 Å². The van der Waals surface area contributed by atoms with E-state index < -0.39 is 11.8 Å². The first-order valence-corrected chi connectivity index (χ1v) is 6.71. The molecule has 0 aromatic heterocycles. The van der Waals surface area contributed by atoms with Gasteiger partial charge in [0.25, 0.3) is 0 Å². The van der Waals surface area contributed by atoms with Crippen molar-refractivity contribution in [2.24, 2.45) is 0 Å². The summed E-state index contributed by atoms with van der Waals surface area (Å²) < 4.78 is 13.6. The van der Waals surface area contributed by atoms with E-state index in [1.54, 1.807) is 6.07 Å². The van der Waals surface area contributed by atoms with Gasteiger partial charge in [0.2, 0.25) is 0 Å². The molecule has 0 unspecified atom stereocenters. The number of halogens is 2. The van der Waals surface area contributed by atoms with E-state index in [-0.39, 0.29) is 29.4 Å². The van der Waals surface area contributed by atoms with Gasteiger partial charge in [0, 0.05) is 18.6 Å². The molecular weight excluding hydrogens is 285 g/mol. The number of carbonyl (C=O) groups is 1. The predicted octanol–water partition coefficient (Wildman–Crippen LogP) is 1.67. The number of benzene rings is 1. The molecule has 110 valence electrons. The van der Waals surface area contributed by atoms with Crippen LogP contribution in [0.2, 0.25) is 5.02 Å². The number of nitrogens with zero attached hydrogens (tertiary/aromatic N) is 1. The molecule has 0 radical (unpaired) electrons. The van der Waals surface area contributed by atoms with Gasteiger partial charge in [0.15, 0.2) is 5.82 Å².